The fourth-order valence-corrected chi connectivity index (χ4v) is 6.76. The van der Waals surface area contributed by atoms with Crippen molar-refractivity contribution in [1.29, 1.82) is 0 Å². The summed E-state index contributed by atoms with van der Waals surface area (Å²) in [5, 5.41) is 5.23. The first kappa shape index (κ1) is 22.8. The Labute approximate surface area is 185 Å². The molecule has 3 heterocycles. The van der Waals surface area contributed by atoms with Crippen LogP contribution >= 0.6 is 0 Å². The van der Waals surface area contributed by atoms with E-state index in [9.17, 15) is 26.8 Å². The third kappa shape index (κ3) is 4.67. The molecule has 3 aliphatic rings. The van der Waals surface area contributed by atoms with Crippen molar-refractivity contribution in [2.45, 2.75) is 31.2 Å². The second-order valence-electron chi connectivity index (χ2n) is 8.86. The van der Waals surface area contributed by atoms with Crippen LogP contribution in [-0.2, 0) is 19.4 Å². The Morgan fingerprint density at radius 1 is 1.19 bits per heavy atom. The van der Waals surface area contributed by atoms with Gasteiger partial charge in [-0.1, -0.05) is 0 Å². The van der Waals surface area contributed by atoms with E-state index in [4.69, 9.17) is 0 Å². The molecule has 2 atom stereocenters. The summed E-state index contributed by atoms with van der Waals surface area (Å²) in [5.41, 5.74) is 0.159. The maximum absolute atomic E-state index is 14.9. The molecule has 0 saturated carbocycles. The lowest BCUT2D eigenvalue weighted by Gasteiger charge is -2.40. The minimum Gasteiger partial charge on any atom is -0.453 e. The number of nitrogens with zero attached hydrogens (tertiary/aromatic N) is 1. The molecule has 2 amide bonds. The average Bonchev–Trinajstić information content (AvgIpc) is 3.10. The van der Waals surface area contributed by atoms with Crippen LogP contribution in [0.4, 0.5) is 19.3 Å². The lowest BCUT2D eigenvalue weighted by molar-refractivity contribution is -0.120. The van der Waals surface area contributed by atoms with E-state index in [1.54, 1.807) is 4.90 Å². The number of ether oxygens (including phenoxy) is 1. The van der Waals surface area contributed by atoms with Crippen LogP contribution in [0.5, 0.6) is 0 Å². The van der Waals surface area contributed by atoms with Gasteiger partial charge in [0.2, 0.25) is 5.91 Å². The predicted octanol–water partition coefficient (Wildman–Crippen LogP) is 1.55. The third-order valence-electron chi connectivity index (χ3n) is 6.76. The van der Waals surface area contributed by atoms with Crippen LogP contribution in [0, 0.1) is 23.5 Å². The summed E-state index contributed by atoms with van der Waals surface area (Å²) in [6.45, 7) is 1.08. The summed E-state index contributed by atoms with van der Waals surface area (Å²) in [4.78, 5) is 25.2. The lowest BCUT2D eigenvalue weighted by Crippen LogP contribution is -2.46. The summed E-state index contributed by atoms with van der Waals surface area (Å²) < 4.78 is 57.2. The fraction of sp³-hybridized carbons (Fsp3) is 0.619. The van der Waals surface area contributed by atoms with Crippen LogP contribution in [0.15, 0.2) is 12.1 Å². The van der Waals surface area contributed by atoms with E-state index in [1.165, 1.54) is 19.2 Å². The largest absolute Gasteiger partial charge is 0.453 e. The highest BCUT2D eigenvalue weighted by Gasteiger charge is 2.40. The molecule has 0 aromatic heterocycles. The first-order valence-corrected chi connectivity index (χ1v) is 12.6. The Morgan fingerprint density at radius 3 is 2.38 bits per heavy atom. The van der Waals surface area contributed by atoms with E-state index in [0.29, 0.717) is 32.4 Å². The number of hydrogen-bond donors (Lipinski definition) is 2. The molecule has 32 heavy (non-hydrogen) atoms. The summed E-state index contributed by atoms with van der Waals surface area (Å²) in [5.74, 6) is -1.63. The minimum atomic E-state index is -2.88. The first-order chi connectivity index (χ1) is 15.2. The van der Waals surface area contributed by atoms with E-state index >= 15 is 0 Å². The van der Waals surface area contributed by atoms with Gasteiger partial charge in [-0.05, 0) is 48.8 Å². The molecule has 11 heteroatoms. The predicted molar refractivity (Wildman–Crippen MR) is 113 cm³/mol. The van der Waals surface area contributed by atoms with Crippen molar-refractivity contribution < 1.29 is 31.5 Å². The van der Waals surface area contributed by atoms with E-state index < -0.39 is 33.5 Å². The smallest absolute Gasteiger partial charge is 0.406 e. The number of carbonyl (C=O) groups is 2. The van der Waals surface area contributed by atoms with Crippen LogP contribution in [0.1, 0.15) is 30.7 Å². The SMILES string of the molecule is COC(=O)NCC1C[C@@H](c2cc(F)c(N3CCC(C4CS(=O)(=O)C4)CC3)c(F)c2)C(=O)N1. The zero-order valence-electron chi connectivity index (χ0n) is 17.8. The van der Waals surface area contributed by atoms with Crippen LogP contribution in [-0.4, -0.2) is 64.7 Å². The molecule has 176 valence electrons. The van der Waals surface area contributed by atoms with Crippen LogP contribution < -0.4 is 15.5 Å². The van der Waals surface area contributed by atoms with Crippen LogP contribution in [0.25, 0.3) is 0 Å². The quantitative estimate of drug-likeness (QED) is 0.675. The summed E-state index contributed by atoms with van der Waals surface area (Å²) in [6, 6.07) is 2.07. The number of alkyl carbamates (subject to hydrolysis) is 1. The molecule has 3 saturated heterocycles. The number of methoxy groups -OCH3 is 1. The monoisotopic (exact) mass is 471 g/mol. The molecule has 1 aromatic carbocycles. The molecule has 2 N–H and O–H groups in total. The van der Waals surface area contributed by atoms with Gasteiger partial charge in [-0.25, -0.2) is 22.0 Å². The van der Waals surface area contributed by atoms with Crippen LogP contribution in [0.3, 0.4) is 0 Å². The molecule has 1 aromatic rings. The van der Waals surface area contributed by atoms with Gasteiger partial charge in [0.05, 0.1) is 24.5 Å². The maximum Gasteiger partial charge on any atom is 0.406 e. The van der Waals surface area contributed by atoms with Crippen molar-refractivity contribution >= 4 is 27.5 Å². The highest BCUT2D eigenvalue weighted by molar-refractivity contribution is 7.92. The molecule has 0 radical (unpaired) electrons. The topological polar surface area (TPSA) is 105 Å². The summed E-state index contributed by atoms with van der Waals surface area (Å²) in [6.07, 6.45) is 1.07. The number of nitrogens with one attached hydrogen (secondary N) is 2. The number of anilines is 1. The van der Waals surface area contributed by atoms with Crippen LogP contribution in [0.2, 0.25) is 0 Å². The molecule has 4 rings (SSSR count). The van der Waals surface area contributed by atoms with Gasteiger partial charge in [-0.15, -0.1) is 0 Å². The van der Waals surface area contributed by atoms with Crippen molar-refractivity contribution in [3.63, 3.8) is 0 Å². The van der Waals surface area contributed by atoms with Gasteiger partial charge >= 0.3 is 6.09 Å². The lowest BCUT2D eigenvalue weighted by atomic mass is 9.85. The molecule has 0 spiro atoms. The van der Waals surface area contributed by atoms with Gasteiger partial charge in [0.15, 0.2) is 9.84 Å². The normalized spacial score (nSPS) is 25.8. The van der Waals surface area contributed by atoms with Gasteiger partial charge in [0.1, 0.15) is 17.3 Å². The fourth-order valence-electron chi connectivity index (χ4n) is 5.01. The van der Waals surface area contributed by atoms with E-state index in [2.05, 4.69) is 15.4 Å². The highest BCUT2D eigenvalue weighted by Crippen LogP contribution is 2.37. The number of benzene rings is 1. The maximum atomic E-state index is 14.9. The van der Waals surface area contributed by atoms with E-state index in [1.807, 2.05) is 0 Å². The number of carbonyl (C=O) groups excluding carboxylic acids is 2. The summed E-state index contributed by atoms with van der Waals surface area (Å²) in [7, 11) is -1.65. The molecule has 3 fully saturated rings. The Morgan fingerprint density at radius 2 is 1.81 bits per heavy atom. The van der Waals surface area contributed by atoms with Crippen molar-refractivity contribution in [3.05, 3.63) is 29.3 Å². The molecular weight excluding hydrogens is 444 g/mol. The van der Waals surface area contributed by atoms with Gasteiger partial charge in [0, 0.05) is 25.7 Å². The summed E-state index contributed by atoms with van der Waals surface area (Å²) >= 11 is 0. The molecular formula is C21H27F2N3O5S. The van der Waals surface area contributed by atoms with Crippen molar-refractivity contribution in [2.24, 2.45) is 11.8 Å². The van der Waals surface area contributed by atoms with Gasteiger partial charge < -0.3 is 20.3 Å². The zero-order chi connectivity index (χ0) is 23.0. The Balaban J connectivity index is 1.39. The Hall–Kier alpha value is -2.43. The van der Waals surface area contributed by atoms with Gasteiger partial charge in [-0.2, -0.15) is 0 Å². The highest BCUT2D eigenvalue weighted by atomic mass is 32.2. The molecule has 0 bridgehead atoms. The zero-order valence-corrected chi connectivity index (χ0v) is 18.6. The molecule has 1 unspecified atom stereocenters. The Bertz CT molecular complexity index is 976. The van der Waals surface area contributed by atoms with Crippen molar-refractivity contribution in [3.8, 4) is 0 Å². The number of amides is 2. The van der Waals surface area contributed by atoms with E-state index in [0.717, 1.165) is 0 Å². The van der Waals surface area contributed by atoms with E-state index in [-0.39, 0.29) is 53.1 Å². The van der Waals surface area contributed by atoms with Crippen molar-refractivity contribution in [2.75, 3.05) is 43.1 Å². The number of sulfone groups is 1. The molecule has 3 aliphatic heterocycles. The average molecular weight is 472 g/mol. The van der Waals surface area contributed by atoms with Crippen molar-refractivity contribution in [1.82, 2.24) is 10.6 Å². The molecule has 8 nitrogen and oxygen atoms in total. The second-order valence-corrected chi connectivity index (χ2v) is 11.0. The number of piperidine rings is 1. The Kier molecular flexibility index (Phi) is 6.28. The first-order valence-electron chi connectivity index (χ1n) is 10.7. The number of rotatable bonds is 5. The van der Waals surface area contributed by atoms with Gasteiger partial charge in [-0.3, -0.25) is 4.79 Å². The minimum absolute atomic E-state index is 0.101. The number of halogens is 2. The molecule has 0 aliphatic carbocycles. The third-order valence-corrected chi connectivity index (χ3v) is 8.63. The second kappa shape index (κ2) is 8.84. The van der Waals surface area contributed by atoms with Gasteiger partial charge in [0.25, 0.3) is 0 Å². The standard InChI is InChI=1S/C21H27F2N3O5S/c1-31-21(28)24-9-15-8-16(20(27)25-15)13-6-17(22)19(18(23)7-13)26-4-2-12(3-5-26)14-10-32(29,30)11-14/h6-7,12,14-16H,2-5,8-11H2,1H3,(H,24,28)(H,25,27)/t15?,16-/m0/s1. The number of hydrogen-bond acceptors (Lipinski definition) is 6.